The highest BCUT2D eigenvalue weighted by molar-refractivity contribution is 5.97. The van der Waals surface area contributed by atoms with Crippen molar-refractivity contribution in [2.24, 2.45) is 11.5 Å². The second-order valence-corrected chi connectivity index (χ2v) is 5.38. The number of rotatable bonds is 1. The third kappa shape index (κ3) is 1.91. The molecule has 2 aliphatic heterocycles. The molecule has 0 unspecified atom stereocenters. The molecule has 0 saturated carbocycles. The van der Waals surface area contributed by atoms with E-state index in [2.05, 4.69) is 5.32 Å². The van der Waals surface area contributed by atoms with Crippen molar-refractivity contribution in [3.8, 4) is 5.75 Å². The number of hydrogen-bond donors (Lipinski definition) is 3. The molecule has 1 amide bonds. The molecule has 21 heavy (non-hydrogen) atoms. The number of nitrogens with two attached hydrogens (primary N) is 2. The number of nitrogens with one attached hydrogen (secondary N) is 1. The van der Waals surface area contributed by atoms with Crippen molar-refractivity contribution in [3.05, 3.63) is 46.6 Å². The molecular weight excluding hydrogens is 270 g/mol. The summed E-state index contributed by atoms with van der Waals surface area (Å²) in [5.41, 5.74) is 13.0. The number of ether oxygens (including phenoxy) is 2. The van der Waals surface area contributed by atoms with Crippen molar-refractivity contribution in [2.45, 2.75) is 26.5 Å². The van der Waals surface area contributed by atoms with E-state index >= 15 is 0 Å². The van der Waals surface area contributed by atoms with Gasteiger partial charge >= 0.3 is 0 Å². The number of amides is 1. The zero-order chi connectivity index (χ0) is 15.4. The first-order chi connectivity index (χ1) is 9.82. The maximum atomic E-state index is 11.8. The maximum absolute atomic E-state index is 11.8. The summed E-state index contributed by atoms with van der Waals surface area (Å²) in [5, 5.41) is 3.21. The van der Waals surface area contributed by atoms with E-state index in [4.69, 9.17) is 20.9 Å². The Morgan fingerprint density at radius 2 is 2.00 bits per heavy atom. The van der Waals surface area contributed by atoms with E-state index in [9.17, 15) is 4.79 Å². The van der Waals surface area contributed by atoms with Gasteiger partial charge in [0.05, 0.1) is 5.69 Å². The molecule has 110 valence electrons. The molecule has 1 atom stereocenters. The molecule has 6 heteroatoms. The Bertz CT molecular complexity index is 721. The Morgan fingerprint density at radius 1 is 1.29 bits per heavy atom. The van der Waals surface area contributed by atoms with E-state index in [1.165, 1.54) is 0 Å². The normalized spacial score (nSPS) is 23.1. The van der Waals surface area contributed by atoms with Crippen LogP contribution in [0.3, 0.4) is 0 Å². The number of hydrogen-bond acceptors (Lipinski definition) is 5. The molecule has 2 aliphatic rings. The van der Waals surface area contributed by atoms with Gasteiger partial charge in [-0.1, -0.05) is 6.07 Å². The number of fused-ring (bicyclic) bond motifs is 1. The minimum Gasteiger partial charge on any atom is -0.457 e. The van der Waals surface area contributed by atoms with Gasteiger partial charge in [-0.2, -0.15) is 0 Å². The highest BCUT2D eigenvalue weighted by Crippen LogP contribution is 2.45. The zero-order valence-electron chi connectivity index (χ0n) is 12.1. The fourth-order valence-corrected chi connectivity index (χ4v) is 2.85. The third-order valence-electron chi connectivity index (χ3n) is 3.54. The van der Waals surface area contributed by atoms with Crippen molar-refractivity contribution in [1.29, 1.82) is 0 Å². The first kappa shape index (κ1) is 13.4. The van der Waals surface area contributed by atoms with Crippen LogP contribution in [0.25, 0.3) is 0 Å². The van der Waals surface area contributed by atoms with E-state index in [-0.39, 0.29) is 11.5 Å². The molecule has 6 nitrogen and oxygen atoms in total. The van der Waals surface area contributed by atoms with Gasteiger partial charge in [-0.3, -0.25) is 4.79 Å². The average Bonchev–Trinajstić information content (AvgIpc) is 2.65. The number of anilines is 1. The van der Waals surface area contributed by atoms with Gasteiger partial charge < -0.3 is 26.3 Å². The quantitative estimate of drug-likeness (QED) is 0.725. The van der Waals surface area contributed by atoms with Crippen LogP contribution in [0, 0.1) is 13.8 Å². The molecule has 0 radical (unpaired) electrons. The SMILES string of the molecule is CC1=C[C@@]2(Nc3cc(C)cc(C)c3O2)C(C(N)=O)=C(N)O1. The van der Waals surface area contributed by atoms with Gasteiger partial charge in [0.25, 0.3) is 5.91 Å². The number of benzene rings is 1. The first-order valence-corrected chi connectivity index (χ1v) is 6.58. The lowest BCUT2D eigenvalue weighted by Crippen LogP contribution is -2.48. The number of aryl methyl sites for hydroxylation is 2. The van der Waals surface area contributed by atoms with Gasteiger partial charge in [0, 0.05) is 6.08 Å². The highest BCUT2D eigenvalue weighted by Gasteiger charge is 2.48. The third-order valence-corrected chi connectivity index (χ3v) is 3.54. The molecule has 1 aromatic carbocycles. The summed E-state index contributed by atoms with van der Waals surface area (Å²) in [5.74, 6) is 0.480. The fourth-order valence-electron chi connectivity index (χ4n) is 2.85. The Morgan fingerprint density at radius 3 is 2.67 bits per heavy atom. The summed E-state index contributed by atoms with van der Waals surface area (Å²) >= 11 is 0. The molecular formula is C15H17N3O3. The van der Waals surface area contributed by atoms with Gasteiger partial charge in [-0.25, -0.2) is 0 Å². The molecule has 1 aromatic rings. The Labute approximate surface area is 122 Å². The second-order valence-electron chi connectivity index (χ2n) is 5.38. The minimum absolute atomic E-state index is 0.0443. The molecule has 0 aliphatic carbocycles. The van der Waals surface area contributed by atoms with Crippen molar-refractivity contribution in [3.63, 3.8) is 0 Å². The van der Waals surface area contributed by atoms with Crippen LogP contribution in [0.15, 0.2) is 35.4 Å². The van der Waals surface area contributed by atoms with Crippen LogP contribution >= 0.6 is 0 Å². The second kappa shape index (κ2) is 4.18. The lowest BCUT2D eigenvalue weighted by molar-refractivity contribution is -0.116. The van der Waals surface area contributed by atoms with Crippen molar-refractivity contribution >= 4 is 11.6 Å². The predicted octanol–water partition coefficient (Wildman–Crippen LogP) is 1.39. The van der Waals surface area contributed by atoms with Gasteiger partial charge in [-0.15, -0.1) is 0 Å². The van der Waals surface area contributed by atoms with Crippen LogP contribution in [0.5, 0.6) is 5.75 Å². The van der Waals surface area contributed by atoms with E-state index in [0.29, 0.717) is 11.5 Å². The van der Waals surface area contributed by atoms with Gasteiger partial charge in [0.2, 0.25) is 11.6 Å². The van der Waals surface area contributed by atoms with Crippen molar-refractivity contribution in [1.82, 2.24) is 0 Å². The van der Waals surface area contributed by atoms with Crippen LogP contribution in [0.2, 0.25) is 0 Å². The summed E-state index contributed by atoms with van der Waals surface area (Å²) in [7, 11) is 0. The number of carbonyl (C=O) groups is 1. The Kier molecular flexibility index (Phi) is 2.66. The highest BCUT2D eigenvalue weighted by atomic mass is 16.5. The average molecular weight is 287 g/mol. The number of primary amides is 1. The smallest absolute Gasteiger partial charge is 0.256 e. The van der Waals surface area contributed by atoms with Crippen LogP contribution < -0.4 is 21.5 Å². The summed E-state index contributed by atoms with van der Waals surface area (Å²) < 4.78 is 11.3. The topological polar surface area (TPSA) is 99.6 Å². The molecule has 2 heterocycles. The van der Waals surface area contributed by atoms with Crippen LogP contribution in [-0.4, -0.2) is 11.6 Å². The van der Waals surface area contributed by atoms with E-state index in [1.54, 1.807) is 13.0 Å². The molecule has 1 spiro atoms. The molecule has 0 fully saturated rings. The summed E-state index contributed by atoms with van der Waals surface area (Å²) in [6, 6.07) is 3.96. The number of carbonyl (C=O) groups excluding carboxylic acids is 1. The van der Waals surface area contributed by atoms with Crippen LogP contribution in [0.4, 0.5) is 5.69 Å². The standard InChI is InChI=1S/C15H17N3O3/c1-7-4-8(2)12-10(5-7)18-15(21-12)6-9(3)20-14(17)11(15)13(16)19/h4-6,18H,17H2,1-3H3,(H2,16,19)/t15-/m0/s1. The largest absolute Gasteiger partial charge is 0.457 e. The van der Waals surface area contributed by atoms with Crippen molar-refractivity contribution in [2.75, 3.05) is 5.32 Å². The Hall–Kier alpha value is -2.63. The van der Waals surface area contributed by atoms with Crippen LogP contribution in [0.1, 0.15) is 18.1 Å². The summed E-state index contributed by atoms with van der Waals surface area (Å²) in [6.45, 7) is 5.67. The lowest BCUT2D eigenvalue weighted by Gasteiger charge is -2.31. The molecule has 0 saturated heterocycles. The van der Waals surface area contributed by atoms with Gasteiger partial charge in [0.1, 0.15) is 17.1 Å². The van der Waals surface area contributed by atoms with Crippen LogP contribution in [-0.2, 0) is 9.53 Å². The predicted molar refractivity (Wildman–Crippen MR) is 78.1 cm³/mol. The van der Waals surface area contributed by atoms with Crippen molar-refractivity contribution < 1.29 is 14.3 Å². The monoisotopic (exact) mass is 287 g/mol. The minimum atomic E-state index is -1.21. The molecule has 0 aromatic heterocycles. The number of allylic oxidation sites excluding steroid dienone is 1. The molecule has 5 N–H and O–H groups in total. The van der Waals surface area contributed by atoms with E-state index < -0.39 is 11.6 Å². The zero-order valence-corrected chi connectivity index (χ0v) is 12.1. The fraction of sp³-hybridized carbons (Fsp3) is 0.267. The summed E-state index contributed by atoms with van der Waals surface area (Å²) in [4.78, 5) is 11.8. The molecule has 3 rings (SSSR count). The lowest BCUT2D eigenvalue weighted by atomic mass is 9.99. The maximum Gasteiger partial charge on any atom is 0.256 e. The van der Waals surface area contributed by atoms with E-state index in [0.717, 1.165) is 16.8 Å². The Balaban J connectivity index is 2.16. The first-order valence-electron chi connectivity index (χ1n) is 6.58. The molecule has 0 bridgehead atoms. The van der Waals surface area contributed by atoms with Gasteiger partial charge in [0.15, 0.2) is 0 Å². The van der Waals surface area contributed by atoms with E-state index in [1.807, 2.05) is 26.0 Å². The summed E-state index contributed by atoms with van der Waals surface area (Å²) in [6.07, 6.45) is 1.66. The van der Waals surface area contributed by atoms with Gasteiger partial charge in [-0.05, 0) is 38.0 Å².